The third kappa shape index (κ3) is 2.78. The summed E-state index contributed by atoms with van der Waals surface area (Å²) in [5.41, 5.74) is 5.41. The Kier molecular flexibility index (Phi) is 4.60. The molecule has 1 saturated heterocycles. The lowest BCUT2D eigenvalue weighted by molar-refractivity contribution is -0.126. The van der Waals surface area contributed by atoms with Crippen molar-refractivity contribution in [1.29, 1.82) is 0 Å². The van der Waals surface area contributed by atoms with Crippen LogP contribution in [0.2, 0.25) is 0 Å². The Hall–Kier alpha value is -1.51. The Bertz CT molecular complexity index is 648. The van der Waals surface area contributed by atoms with E-state index in [1.54, 1.807) is 6.92 Å². The topological polar surface area (TPSA) is 92.5 Å². The number of nitrogens with two attached hydrogens (primary N) is 1. The normalized spacial score (nSPS) is 20.3. The summed E-state index contributed by atoms with van der Waals surface area (Å²) in [5, 5.41) is 2.63. The zero-order valence-corrected chi connectivity index (χ0v) is 12.5. The van der Waals surface area contributed by atoms with E-state index in [9.17, 15) is 17.6 Å². The highest BCUT2D eigenvalue weighted by molar-refractivity contribution is 7.89. The lowest BCUT2D eigenvalue weighted by atomic mass is 10.2. The molecule has 8 heteroatoms. The first kappa shape index (κ1) is 15.9. The van der Waals surface area contributed by atoms with Gasteiger partial charge in [-0.2, -0.15) is 4.31 Å². The summed E-state index contributed by atoms with van der Waals surface area (Å²) in [6.07, 6.45) is 0.346. The van der Waals surface area contributed by atoms with Crippen LogP contribution in [-0.2, 0) is 21.4 Å². The minimum absolute atomic E-state index is 0.0571. The van der Waals surface area contributed by atoms with Crippen molar-refractivity contribution >= 4 is 15.9 Å². The summed E-state index contributed by atoms with van der Waals surface area (Å²) in [6, 6.07) is 3.03. The fourth-order valence-corrected chi connectivity index (χ4v) is 4.38. The number of hydrogen-bond donors (Lipinski definition) is 2. The monoisotopic (exact) mass is 315 g/mol. The summed E-state index contributed by atoms with van der Waals surface area (Å²) < 4.78 is 40.4. The molecular formula is C13H18FN3O3S. The van der Waals surface area contributed by atoms with E-state index in [2.05, 4.69) is 5.32 Å². The van der Waals surface area contributed by atoms with Crippen LogP contribution in [0, 0.1) is 5.82 Å². The average molecular weight is 315 g/mol. The molecule has 116 valence electrons. The molecule has 1 aliphatic rings. The van der Waals surface area contributed by atoms with Gasteiger partial charge in [0.2, 0.25) is 15.9 Å². The van der Waals surface area contributed by atoms with E-state index in [-0.39, 0.29) is 36.0 Å². The molecule has 1 aromatic rings. The molecule has 1 fully saturated rings. The minimum atomic E-state index is -3.97. The van der Waals surface area contributed by atoms with Crippen molar-refractivity contribution in [1.82, 2.24) is 9.62 Å². The molecule has 6 nitrogen and oxygen atoms in total. The number of carbonyl (C=O) groups is 1. The van der Waals surface area contributed by atoms with E-state index in [0.717, 1.165) is 4.31 Å². The number of nitrogens with zero attached hydrogens (tertiary/aromatic N) is 1. The van der Waals surface area contributed by atoms with Gasteiger partial charge in [0.05, 0.1) is 4.90 Å². The predicted molar refractivity (Wildman–Crippen MR) is 75.3 cm³/mol. The summed E-state index contributed by atoms with van der Waals surface area (Å²) in [4.78, 5) is 11.7. The highest BCUT2D eigenvalue weighted by atomic mass is 32.2. The molecule has 0 aromatic heterocycles. The van der Waals surface area contributed by atoms with Gasteiger partial charge >= 0.3 is 0 Å². The molecule has 1 aromatic carbocycles. The maximum atomic E-state index is 13.8. The predicted octanol–water partition coefficient (Wildman–Crippen LogP) is 0.184. The van der Waals surface area contributed by atoms with Crippen LogP contribution in [-0.4, -0.2) is 37.8 Å². The van der Waals surface area contributed by atoms with Crippen molar-refractivity contribution in [3.63, 3.8) is 0 Å². The summed E-state index contributed by atoms with van der Waals surface area (Å²) in [7, 11) is -3.97. The van der Waals surface area contributed by atoms with E-state index in [1.165, 1.54) is 18.2 Å². The molecule has 1 aliphatic heterocycles. The largest absolute Gasteiger partial charge is 0.353 e. The van der Waals surface area contributed by atoms with Crippen LogP contribution in [0.15, 0.2) is 23.1 Å². The van der Waals surface area contributed by atoms with Gasteiger partial charge in [0.1, 0.15) is 11.9 Å². The molecule has 0 bridgehead atoms. The summed E-state index contributed by atoms with van der Waals surface area (Å²) in [5.74, 6) is -0.994. The average Bonchev–Trinajstić information content (AvgIpc) is 2.46. The number of halogens is 1. The lowest BCUT2D eigenvalue weighted by Gasteiger charge is -2.33. The summed E-state index contributed by atoms with van der Waals surface area (Å²) >= 11 is 0. The maximum absolute atomic E-state index is 13.8. The van der Waals surface area contributed by atoms with Gasteiger partial charge < -0.3 is 11.1 Å². The molecule has 0 aliphatic carbocycles. The third-order valence-corrected chi connectivity index (χ3v) is 5.53. The third-order valence-electron chi connectivity index (χ3n) is 3.54. The van der Waals surface area contributed by atoms with Gasteiger partial charge in [-0.3, -0.25) is 4.79 Å². The second kappa shape index (κ2) is 6.08. The van der Waals surface area contributed by atoms with Gasteiger partial charge in [-0.05, 0) is 18.6 Å². The highest BCUT2D eigenvalue weighted by Crippen LogP contribution is 2.25. The number of amides is 1. The fraction of sp³-hybridized carbons (Fsp3) is 0.462. The molecule has 2 rings (SSSR count). The fourth-order valence-electron chi connectivity index (χ4n) is 2.48. The van der Waals surface area contributed by atoms with Gasteiger partial charge in [0.25, 0.3) is 0 Å². The zero-order valence-electron chi connectivity index (χ0n) is 11.7. The quantitative estimate of drug-likeness (QED) is 0.829. The second-order valence-electron chi connectivity index (χ2n) is 4.75. The van der Waals surface area contributed by atoms with Gasteiger partial charge in [0, 0.05) is 25.2 Å². The number of hydrogen-bond acceptors (Lipinski definition) is 4. The van der Waals surface area contributed by atoms with Gasteiger partial charge in [-0.15, -0.1) is 0 Å². The Labute approximate surface area is 123 Å². The van der Waals surface area contributed by atoms with E-state index >= 15 is 0 Å². The van der Waals surface area contributed by atoms with Gasteiger partial charge in [-0.1, -0.05) is 13.0 Å². The SMILES string of the molecule is CCC1C(=O)NCCN1S(=O)(=O)c1cccc(F)c1CN. The number of nitrogens with one attached hydrogen (secondary N) is 1. The Morgan fingerprint density at radius 1 is 1.48 bits per heavy atom. The van der Waals surface area contributed by atoms with Crippen LogP contribution in [0.4, 0.5) is 4.39 Å². The Balaban J connectivity index is 2.51. The number of carbonyl (C=O) groups excluding carboxylic acids is 1. The van der Waals surface area contributed by atoms with Crippen molar-refractivity contribution in [2.45, 2.75) is 30.8 Å². The van der Waals surface area contributed by atoms with Crippen LogP contribution < -0.4 is 11.1 Å². The first-order valence-electron chi connectivity index (χ1n) is 6.70. The van der Waals surface area contributed by atoms with Gasteiger partial charge in [0.15, 0.2) is 0 Å². The molecule has 1 heterocycles. The highest BCUT2D eigenvalue weighted by Gasteiger charge is 2.38. The Morgan fingerprint density at radius 3 is 2.81 bits per heavy atom. The molecule has 1 unspecified atom stereocenters. The second-order valence-corrected chi connectivity index (χ2v) is 6.61. The van der Waals surface area contributed by atoms with Crippen molar-refractivity contribution in [2.24, 2.45) is 5.73 Å². The van der Waals surface area contributed by atoms with E-state index in [0.29, 0.717) is 6.42 Å². The Morgan fingerprint density at radius 2 is 2.19 bits per heavy atom. The lowest BCUT2D eigenvalue weighted by Crippen LogP contribution is -2.56. The zero-order chi connectivity index (χ0) is 15.6. The van der Waals surface area contributed by atoms with Crippen molar-refractivity contribution in [3.8, 4) is 0 Å². The number of benzene rings is 1. The van der Waals surface area contributed by atoms with Crippen LogP contribution in [0.25, 0.3) is 0 Å². The maximum Gasteiger partial charge on any atom is 0.244 e. The van der Waals surface area contributed by atoms with E-state index < -0.39 is 21.9 Å². The van der Waals surface area contributed by atoms with Crippen LogP contribution in [0.3, 0.4) is 0 Å². The van der Waals surface area contributed by atoms with Crippen molar-refractivity contribution in [2.75, 3.05) is 13.1 Å². The summed E-state index contributed by atoms with van der Waals surface area (Å²) in [6.45, 7) is 1.90. The molecular weight excluding hydrogens is 297 g/mol. The first-order valence-corrected chi connectivity index (χ1v) is 8.14. The molecule has 1 amide bonds. The number of rotatable bonds is 4. The minimum Gasteiger partial charge on any atom is -0.353 e. The van der Waals surface area contributed by atoms with E-state index in [1.807, 2.05) is 0 Å². The van der Waals surface area contributed by atoms with Crippen LogP contribution >= 0.6 is 0 Å². The molecule has 0 radical (unpaired) electrons. The van der Waals surface area contributed by atoms with Crippen molar-refractivity contribution in [3.05, 3.63) is 29.6 Å². The standard InChI is InChI=1S/C13H18FN3O3S/c1-2-11-13(18)16-6-7-17(11)21(19,20)12-5-3-4-10(14)9(12)8-15/h3-5,11H,2,6-8,15H2,1H3,(H,16,18). The van der Waals surface area contributed by atoms with Crippen molar-refractivity contribution < 1.29 is 17.6 Å². The first-order chi connectivity index (χ1) is 9.93. The molecule has 0 saturated carbocycles. The molecule has 21 heavy (non-hydrogen) atoms. The molecule has 3 N–H and O–H groups in total. The number of sulfonamides is 1. The van der Waals surface area contributed by atoms with Gasteiger partial charge in [-0.25, -0.2) is 12.8 Å². The van der Waals surface area contributed by atoms with Crippen LogP contribution in [0.5, 0.6) is 0 Å². The molecule has 1 atom stereocenters. The number of piperazine rings is 1. The molecule has 0 spiro atoms. The smallest absolute Gasteiger partial charge is 0.244 e. The van der Waals surface area contributed by atoms with Crippen LogP contribution in [0.1, 0.15) is 18.9 Å². The van der Waals surface area contributed by atoms with E-state index in [4.69, 9.17) is 5.73 Å².